The molecule has 0 saturated carbocycles. The van der Waals surface area contributed by atoms with Crippen LogP contribution in [0.25, 0.3) is 0 Å². The van der Waals surface area contributed by atoms with Crippen molar-refractivity contribution in [2.45, 2.75) is 33.0 Å². The largest absolute Gasteiger partial charge is 0.477 e. The minimum Gasteiger partial charge on any atom is -0.477 e. The number of nitro benzene ring substituents is 1. The molecule has 0 radical (unpaired) electrons. The number of benzene rings is 1. The molecule has 1 unspecified atom stereocenters. The van der Waals surface area contributed by atoms with Crippen LogP contribution >= 0.6 is 0 Å². The van der Waals surface area contributed by atoms with Gasteiger partial charge in [-0.15, -0.1) is 0 Å². The van der Waals surface area contributed by atoms with Crippen molar-refractivity contribution in [2.24, 2.45) is 0 Å². The second-order valence-corrected chi connectivity index (χ2v) is 3.90. The third kappa shape index (κ3) is 3.27. The normalized spacial score (nSPS) is 12.1. The van der Waals surface area contributed by atoms with E-state index in [0.29, 0.717) is 5.56 Å². The van der Waals surface area contributed by atoms with E-state index in [4.69, 9.17) is 9.84 Å². The molecule has 0 amide bonds. The van der Waals surface area contributed by atoms with Crippen LogP contribution in [0.4, 0.5) is 5.69 Å². The first-order valence-electron chi connectivity index (χ1n) is 5.58. The van der Waals surface area contributed by atoms with Gasteiger partial charge in [-0.2, -0.15) is 0 Å². The van der Waals surface area contributed by atoms with E-state index < -0.39 is 16.6 Å². The van der Waals surface area contributed by atoms with Crippen molar-refractivity contribution in [1.29, 1.82) is 0 Å². The molecule has 18 heavy (non-hydrogen) atoms. The van der Waals surface area contributed by atoms with Crippen LogP contribution in [-0.4, -0.2) is 22.1 Å². The molecule has 1 aromatic rings. The van der Waals surface area contributed by atoms with Gasteiger partial charge in [0.1, 0.15) is 5.56 Å². The lowest BCUT2D eigenvalue weighted by atomic mass is 10.1. The van der Waals surface area contributed by atoms with Crippen LogP contribution in [0.5, 0.6) is 0 Å². The lowest BCUT2D eigenvalue weighted by Gasteiger charge is -2.12. The van der Waals surface area contributed by atoms with Crippen molar-refractivity contribution in [2.75, 3.05) is 0 Å². The number of carboxylic acids is 1. The van der Waals surface area contributed by atoms with E-state index in [0.717, 1.165) is 6.42 Å². The van der Waals surface area contributed by atoms with Gasteiger partial charge < -0.3 is 9.84 Å². The van der Waals surface area contributed by atoms with Crippen LogP contribution < -0.4 is 0 Å². The summed E-state index contributed by atoms with van der Waals surface area (Å²) >= 11 is 0. The molecule has 0 heterocycles. The molecule has 6 nitrogen and oxygen atoms in total. The lowest BCUT2D eigenvalue weighted by molar-refractivity contribution is -0.385. The van der Waals surface area contributed by atoms with Crippen molar-refractivity contribution < 1.29 is 19.6 Å². The van der Waals surface area contributed by atoms with Crippen LogP contribution in [0.1, 0.15) is 36.2 Å². The Labute approximate surface area is 104 Å². The minimum absolute atomic E-state index is 0.0223. The fraction of sp³-hybridized carbons (Fsp3) is 0.417. The zero-order valence-corrected chi connectivity index (χ0v) is 10.3. The third-order valence-electron chi connectivity index (χ3n) is 2.64. The third-order valence-corrected chi connectivity index (χ3v) is 2.64. The lowest BCUT2D eigenvalue weighted by Crippen LogP contribution is -2.11. The molecule has 1 rings (SSSR count). The molecule has 0 aliphatic rings. The van der Waals surface area contributed by atoms with Gasteiger partial charge in [0.15, 0.2) is 0 Å². The number of nitro groups is 1. The van der Waals surface area contributed by atoms with Crippen LogP contribution in [0.3, 0.4) is 0 Å². The summed E-state index contributed by atoms with van der Waals surface area (Å²) in [5, 5.41) is 19.8. The summed E-state index contributed by atoms with van der Waals surface area (Å²) in [7, 11) is 0. The van der Waals surface area contributed by atoms with Crippen molar-refractivity contribution in [3.8, 4) is 0 Å². The minimum atomic E-state index is -1.31. The summed E-state index contributed by atoms with van der Waals surface area (Å²) in [6, 6.07) is 4.16. The number of aromatic carboxylic acids is 1. The second-order valence-electron chi connectivity index (χ2n) is 3.90. The highest BCUT2D eigenvalue weighted by Crippen LogP contribution is 2.23. The molecule has 1 atom stereocenters. The summed E-state index contributed by atoms with van der Waals surface area (Å²) in [5.74, 6) is -1.31. The Morgan fingerprint density at radius 1 is 1.56 bits per heavy atom. The molecule has 1 N–H and O–H groups in total. The monoisotopic (exact) mass is 253 g/mol. The Kier molecular flexibility index (Phi) is 4.79. The zero-order chi connectivity index (χ0) is 13.7. The van der Waals surface area contributed by atoms with Crippen LogP contribution in [0, 0.1) is 10.1 Å². The molecule has 98 valence electrons. The molecular formula is C12H15NO5. The maximum atomic E-state index is 11.1. The number of hydrogen-bond donors (Lipinski definition) is 1. The second kappa shape index (κ2) is 6.11. The van der Waals surface area contributed by atoms with Gasteiger partial charge in [-0.1, -0.05) is 19.1 Å². The Hall–Kier alpha value is -1.95. The summed E-state index contributed by atoms with van der Waals surface area (Å²) in [6.07, 6.45) is 0.767. The number of ether oxygens (including phenoxy) is 1. The fourth-order valence-corrected chi connectivity index (χ4v) is 1.46. The van der Waals surface area contributed by atoms with E-state index in [1.807, 2.05) is 13.8 Å². The molecule has 0 fully saturated rings. The van der Waals surface area contributed by atoms with Crippen LogP contribution in [-0.2, 0) is 11.3 Å². The smallest absolute Gasteiger partial charge is 0.343 e. The highest BCUT2D eigenvalue weighted by atomic mass is 16.6. The molecule has 0 aliphatic heterocycles. The van der Waals surface area contributed by atoms with Crippen molar-refractivity contribution in [1.82, 2.24) is 0 Å². The SMILES string of the molecule is CCC(C)OCc1cccc([N+](=O)[O-])c1C(=O)O. The average Bonchev–Trinajstić information content (AvgIpc) is 2.34. The fourth-order valence-electron chi connectivity index (χ4n) is 1.46. The molecule has 0 saturated heterocycles. The Morgan fingerprint density at radius 2 is 2.22 bits per heavy atom. The molecule has 0 spiro atoms. The van der Waals surface area contributed by atoms with Crippen molar-refractivity contribution in [3.63, 3.8) is 0 Å². The molecular weight excluding hydrogens is 238 g/mol. The number of carboxylic acid groups (broad SMARTS) is 1. The van der Waals surface area contributed by atoms with Gasteiger partial charge in [-0.3, -0.25) is 10.1 Å². The first-order valence-corrected chi connectivity index (χ1v) is 5.58. The first-order chi connectivity index (χ1) is 8.47. The van der Waals surface area contributed by atoms with Gasteiger partial charge >= 0.3 is 5.97 Å². The van der Waals surface area contributed by atoms with E-state index in [-0.39, 0.29) is 18.3 Å². The molecule has 0 aromatic heterocycles. The van der Waals surface area contributed by atoms with Gasteiger partial charge in [0, 0.05) is 6.07 Å². The summed E-state index contributed by atoms with van der Waals surface area (Å²) in [4.78, 5) is 21.2. The predicted molar refractivity (Wildman–Crippen MR) is 64.6 cm³/mol. The highest BCUT2D eigenvalue weighted by molar-refractivity contribution is 5.94. The number of nitrogens with zero attached hydrogens (tertiary/aromatic N) is 1. The van der Waals surface area contributed by atoms with E-state index in [1.165, 1.54) is 18.2 Å². The van der Waals surface area contributed by atoms with E-state index >= 15 is 0 Å². The number of hydrogen-bond acceptors (Lipinski definition) is 4. The van der Waals surface area contributed by atoms with Crippen molar-refractivity contribution >= 4 is 11.7 Å². The van der Waals surface area contributed by atoms with Crippen molar-refractivity contribution in [3.05, 3.63) is 39.4 Å². The Balaban J connectivity index is 3.07. The predicted octanol–water partition coefficient (Wildman–Crippen LogP) is 2.61. The number of rotatable bonds is 6. The van der Waals surface area contributed by atoms with Crippen LogP contribution in [0.15, 0.2) is 18.2 Å². The summed E-state index contributed by atoms with van der Waals surface area (Å²) in [6.45, 7) is 3.85. The van der Waals surface area contributed by atoms with E-state index in [1.54, 1.807) is 0 Å². The van der Waals surface area contributed by atoms with Gasteiger partial charge in [-0.25, -0.2) is 4.79 Å². The van der Waals surface area contributed by atoms with E-state index in [2.05, 4.69) is 0 Å². The Bertz CT molecular complexity index is 458. The van der Waals surface area contributed by atoms with Gasteiger partial charge in [0.05, 0.1) is 17.6 Å². The topological polar surface area (TPSA) is 89.7 Å². The molecule has 6 heteroatoms. The maximum Gasteiger partial charge on any atom is 0.343 e. The highest BCUT2D eigenvalue weighted by Gasteiger charge is 2.23. The Morgan fingerprint density at radius 3 is 2.72 bits per heavy atom. The van der Waals surface area contributed by atoms with Gasteiger partial charge in [-0.05, 0) is 18.9 Å². The van der Waals surface area contributed by atoms with Gasteiger partial charge in [0.2, 0.25) is 0 Å². The quantitative estimate of drug-likeness (QED) is 0.621. The van der Waals surface area contributed by atoms with E-state index in [9.17, 15) is 14.9 Å². The molecule has 0 aliphatic carbocycles. The summed E-state index contributed by atoms with van der Waals surface area (Å²) in [5.41, 5.74) is -0.393. The molecule has 1 aromatic carbocycles. The van der Waals surface area contributed by atoms with Crippen LogP contribution in [0.2, 0.25) is 0 Å². The molecule has 0 bridgehead atoms. The first kappa shape index (κ1) is 14.1. The average molecular weight is 253 g/mol. The standard InChI is InChI=1S/C12H15NO5/c1-3-8(2)18-7-9-5-4-6-10(13(16)17)11(9)12(14)15/h4-6,8H,3,7H2,1-2H3,(H,14,15). The number of carbonyl (C=O) groups is 1. The summed E-state index contributed by atoms with van der Waals surface area (Å²) < 4.78 is 5.42. The maximum absolute atomic E-state index is 11.1. The van der Waals surface area contributed by atoms with Gasteiger partial charge in [0.25, 0.3) is 5.69 Å². The zero-order valence-electron chi connectivity index (χ0n) is 10.3.